The van der Waals surface area contributed by atoms with Gasteiger partial charge in [-0.3, -0.25) is 10.1 Å². The van der Waals surface area contributed by atoms with Gasteiger partial charge in [-0.2, -0.15) is 0 Å². The number of aryl methyl sites for hydroxylation is 1. The fraction of sp³-hybridized carbons (Fsp3) is 0.231. The Balaban J connectivity index is 2.08. The third-order valence-electron chi connectivity index (χ3n) is 2.74. The summed E-state index contributed by atoms with van der Waals surface area (Å²) in [5.74, 6) is 0.295. The highest BCUT2D eigenvalue weighted by Gasteiger charge is 2.13. The van der Waals surface area contributed by atoms with Crippen LogP contribution in [0.5, 0.6) is 0 Å². The molecule has 3 amide bonds. The highest BCUT2D eigenvalue weighted by atomic mass is 32.2. The van der Waals surface area contributed by atoms with E-state index in [1.165, 1.54) is 17.3 Å². The Bertz CT molecular complexity index is 666. The molecule has 0 saturated carbocycles. The molecule has 2 rings (SSSR count). The number of hydrogen-bond acceptors (Lipinski definition) is 5. The number of nitrogens with one attached hydrogen (secondary N) is 1. The van der Waals surface area contributed by atoms with E-state index in [-0.39, 0.29) is 5.75 Å². The van der Waals surface area contributed by atoms with Gasteiger partial charge in [0.25, 0.3) is 0 Å². The van der Waals surface area contributed by atoms with Crippen LogP contribution >= 0.6 is 11.8 Å². The second kappa shape index (κ2) is 6.40. The molecular formula is C13H15N5O2S. The van der Waals surface area contributed by atoms with Crippen molar-refractivity contribution >= 4 is 23.7 Å². The Hall–Kier alpha value is -2.35. The Morgan fingerprint density at radius 2 is 1.95 bits per heavy atom. The average Bonchev–Trinajstić information content (AvgIpc) is 2.78. The average molecular weight is 305 g/mol. The van der Waals surface area contributed by atoms with Gasteiger partial charge in [-0.15, -0.1) is 10.2 Å². The van der Waals surface area contributed by atoms with Crippen LogP contribution in [0.1, 0.15) is 5.56 Å². The molecular weight excluding hydrogens is 290 g/mol. The van der Waals surface area contributed by atoms with Gasteiger partial charge in [0.1, 0.15) is 0 Å². The summed E-state index contributed by atoms with van der Waals surface area (Å²) >= 11 is 1.19. The minimum Gasteiger partial charge on any atom is -0.351 e. The third kappa shape index (κ3) is 3.82. The Morgan fingerprint density at radius 1 is 1.29 bits per heavy atom. The molecule has 2 aromatic rings. The molecule has 7 nitrogen and oxygen atoms in total. The van der Waals surface area contributed by atoms with E-state index in [2.05, 4.69) is 10.2 Å². The monoisotopic (exact) mass is 305 g/mol. The number of thioether (sulfide) groups is 1. The molecule has 0 unspecified atom stereocenters. The number of aromatic nitrogens is 3. The molecule has 0 spiro atoms. The lowest BCUT2D eigenvalue weighted by molar-refractivity contribution is -0.117. The van der Waals surface area contributed by atoms with Gasteiger partial charge in [-0.1, -0.05) is 41.6 Å². The largest absolute Gasteiger partial charge is 0.351 e. The summed E-state index contributed by atoms with van der Waals surface area (Å²) in [5.41, 5.74) is 6.98. The molecule has 0 aliphatic heterocycles. The molecule has 110 valence electrons. The summed E-state index contributed by atoms with van der Waals surface area (Å²) in [6.45, 7) is 2.01. The normalized spacial score (nSPS) is 10.4. The first-order chi connectivity index (χ1) is 9.97. The number of amides is 3. The van der Waals surface area contributed by atoms with Crippen molar-refractivity contribution in [2.75, 3.05) is 5.75 Å². The molecule has 0 atom stereocenters. The molecule has 8 heteroatoms. The van der Waals surface area contributed by atoms with Crippen molar-refractivity contribution in [2.45, 2.75) is 12.1 Å². The van der Waals surface area contributed by atoms with Gasteiger partial charge in [-0.25, -0.2) is 4.79 Å². The summed E-state index contributed by atoms with van der Waals surface area (Å²) in [6.07, 6.45) is 0. The van der Waals surface area contributed by atoms with E-state index in [1.54, 1.807) is 4.57 Å². The van der Waals surface area contributed by atoms with Crippen LogP contribution in [0.4, 0.5) is 4.79 Å². The van der Waals surface area contributed by atoms with Crippen molar-refractivity contribution in [3.63, 3.8) is 0 Å². The van der Waals surface area contributed by atoms with Gasteiger partial charge in [0, 0.05) is 12.6 Å². The van der Waals surface area contributed by atoms with Crippen LogP contribution in [0.15, 0.2) is 29.4 Å². The lowest BCUT2D eigenvalue weighted by Gasteiger charge is -2.04. The number of urea groups is 1. The van der Waals surface area contributed by atoms with Gasteiger partial charge in [0.15, 0.2) is 11.0 Å². The number of rotatable bonds is 4. The number of carbonyl (C=O) groups is 2. The van der Waals surface area contributed by atoms with Crippen molar-refractivity contribution < 1.29 is 9.59 Å². The standard InChI is InChI=1S/C13H15N5O2S/c1-8-3-5-9(6-4-8)11-16-17-13(18(11)2)21-7-10(19)15-12(14)20/h3-6H,7H2,1-2H3,(H3,14,15,19,20). The zero-order valence-corrected chi connectivity index (χ0v) is 12.5. The maximum atomic E-state index is 11.4. The van der Waals surface area contributed by atoms with Crippen LogP contribution in [0.3, 0.4) is 0 Å². The number of nitrogens with two attached hydrogens (primary N) is 1. The predicted molar refractivity (Wildman–Crippen MR) is 79.6 cm³/mol. The molecule has 1 heterocycles. The molecule has 1 aromatic heterocycles. The maximum absolute atomic E-state index is 11.4. The van der Waals surface area contributed by atoms with E-state index >= 15 is 0 Å². The van der Waals surface area contributed by atoms with E-state index in [4.69, 9.17) is 5.73 Å². The fourth-order valence-electron chi connectivity index (χ4n) is 1.70. The highest BCUT2D eigenvalue weighted by molar-refractivity contribution is 7.99. The van der Waals surface area contributed by atoms with Crippen molar-refractivity contribution in [1.82, 2.24) is 20.1 Å². The van der Waals surface area contributed by atoms with Gasteiger partial charge >= 0.3 is 6.03 Å². The number of nitrogens with zero attached hydrogens (tertiary/aromatic N) is 3. The molecule has 0 saturated heterocycles. The highest BCUT2D eigenvalue weighted by Crippen LogP contribution is 2.22. The van der Waals surface area contributed by atoms with E-state index in [1.807, 2.05) is 43.6 Å². The first-order valence-electron chi connectivity index (χ1n) is 6.16. The first kappa shape index (κ1) is 15.0. The second-order valence-corrected chi connectivity index (χ2v) is 5.37. The number of primary amides is 1. The molecule has 0 fully saturated rings. The Labute approximate surface area is 125 Å². The van der Waals surface area contributed by atoms with E-state index in [0.29, 0.717) is 11.0 Å². The van der Waals surface area contributed by atoms with Crippen LogP contribution in [0, 0.1) is 6.92 Å². The number of hydrogen-bond donors (Lipinski definition) is 2. The summed E-state index contributed by atoms with van der Waals surface area (Å²) in [6, 6.07) is 7.06. The zero-order valence-electron chi connectivity index (χ0n) is 11.7. The number of imide groups is 1. The summed E-state index contributed by atoms with van der Waals surface area (Å²) in [4.78, 5) is 21.9. The molecule has 1 aromatic carbocycles. The lowest BCUT2D eigenvalue weighted by atomic mass is 10.1. The van der Waals surface area contributed by atoms with Gasteiger partial charge in [0.2, 0.25) is 5.91 Å². The predicted octanol–water partition coefficient (Wildman–Crippen LogP) is 1.08. The minimum absolute atomic E-state index is 0.0445. The van der Waals surface area contributed by atoms with Crippen molar-refractivity contribution in [3.05, 3.63) is 29.8 Å². The van der Waals surface area contributed by atoms with Crippen LogP contribution < -0.4 is 11.1 Å². The number of carbonyl (C=O) groups excluding carboxylic acids is 2. The molecule has 0 radical (unpaired) electrons. The summed E-state index contributed by atoms with van der Waals surface area (Å²) in [5, 5.41) is 10.8. The quantitative estimate of drug-likeness (QED) is 0.823. The molecule has 0 aliphatic rings. The second-order valence-electron chi connectivity index (χ2n) is 4.43. The Morgan fingerprint density at radius 3 is 2.57 bits per heavy atom. The zero-order chi connectivity index (χ0) is 15.4. The number of benzene rings is 1. The third-order valence-corrected chi connectivity index (χ3v) is 3.76. The van der Waals surface area contributed by atoms with E-state index in [0.717, 1.165) is 5.56 Å². The first-order valence-corrected chi connectivity index (χ1v) is 7.14. The minimum atomic E-state index is -0.862. The van der Waals surface area contributed by atoms with Crippen molar-refractivity contribution in [1.29, 1.82) is 0 Å². The molecule has 3 N–H and O–H groups in total. The molecule has 0 bridgehead atoms. The topological polar surface area (TPSA) is 103 Å². The summed E-state index contributed by atoms with van der Waals surface area (Å²) in [7, 11) is 1.82. The van der Waals surface area contributed by atoms with Gasteiger partial charge < -0.3 is 10.3 Å². The van der Waals surface area contributed by atoms with Crippen LogP contribution in [0.25, 0.3) is 11.4 Å². The van der Waals surface area contributed by atoms with Crippen LogP contribution in [-0.4, -0.2) is 32.5 Å². The Kier molecular flexibility index (Phi) is 4.59. The maximum Gasteiger partial charge on any atom is 0.318 e. The SMILES string of the molecule is Cc1ccc(-c2nnc(SCC(=O)NC(N)=O)n2C)cc1. The van der Waals surface area contributed by atoms with Crippen LogP contribution in [-0.2, 0) is 11.8 Å². The molecule has 0 aliphatic carbocycles. The van der Waals surface area contributed by atoms with E-state index < -0.39 is 11.9 Å². The van der Waals surface area contributed by atoms with Gasteiger partial charge in [-0.05, 0) is 6.92 Å². The van der Waals surface area contributed by atoms with Gasteiger partial charge in [0.05, 0.1) is 5.75 Å². The van der Waals surface area contributed by atoms with Crippen molar-refractivity contribution in [3.8, 4) is 11.4 Å². The van der Waals surface area contributed by atoms with Crippen molar-refractivity contribution in [2.24, 2.45) is 12.8 Å². The smallest absolute Gasteiger partial charge is 0.318 e. The lowest BCUT2D eigenvalue weighted by Crippen LogP contribution is -2.36. The summed E-state index contributed by atoms with van der Waals surface area (Å²) < 4.78 is 1.80. The van der Waals surface area contributed by atoms with E-state index in [9.17, 15) is 9.59 Å². The fourth-order valence-corrected chi connectivity index (χ4v) is 2.41. The van der Waals surface area contributed by atoms with Crippen LogP contribution in [0.2, 0.25) is 0 Å². The molecule has 21 heavy (non-hydrogen) atoms.